The summed E-state index contributed by atoms with van der Waals surface area (Å²) in [6, 6.07) is 1.79. The van der Waals surface area contributed by atoms with Gasteiger partial charge in [0.05, 0.1) is 19.0 Å². The van der Waals surface area contributed by atoms with Crippen LogP contribution in [-0.4, -0.2) is 59.5 Å². The van der Waals surface area contributed by atoms with Gasteiger partial charge in [-0.3, -0.25) is 4.79 Å². The molecule has 39 heavy (non-hydrogen) atoms. The minimum atomic E-state index is -1.82. The van der Waals surface area contributed by atoms with Crippen LogP contribution < -0.4 is 16.4 Å². The molecular formula is C28H45N7O3Si. The van der Waals surface area contributed by atoms with Crippen molar-refractivity contribution in [2.24, 2.45) is 11.7 Å². The number of nitrogens with two attached hydrogens (primary N) is 1. The molecule has 0 fully saturated rings. The highest BCUT2D eigenvalue weighted by atomic mass is 28.4. The van der Waals surface area contributed by atoms with Crippen LogP contribution in [0.5, 0.6) is 0 Å². The largest absolute Gasteiger partial charge is 0.460 e. The molecular weight excluding hydrogens is 510 g/mol. The first-order valence-electron chi connectivity index (χ1n) is 13.4. The lowest BCUT2D eigenvalue weighted by Crippen LogP contribution is -2.40. The SMILES string of the molecule is CC(C)(C)OC(=O)CCC(CCN)CNc1cc(Nc2cnc(C#CCO[Si](C)(C)C(C)(C)C)cn2)ncn1. The summed E-state index contributed by atoms with van der Waals surface area (Å²) in [6.07, 6.45) is 6.52. The zero-order valence-corrected chi connectivity index (χ0v) is 25.7. The molecule has 0 saturated heterocycles. The highest BCUT2D eigenvalue weighted by Gasteiger charge is 2.36. The van der Waals surface area contributed by atoms with Gasteiger partial charge in [0, 0.05) is 19.0 Å². The second kappa shape index (κ2) is 14.4. The first-order valence-corrected chi connectivity index (χ1v) is 16.3. The van der Waals surface area contributed by atoms with E-state index in [1.54, 1.807) is 18.5 Å². The van der Waals surface area contributed by atoms with E-state index in [0.29, 0.717) is 55.7 Å². The highest BCUT2D eigenvalue weighted by molar-refractivity contribution is 6.74. The molecule has 0 aromatic carbocycles. The average Bonchev–Trinajstić information content (AvgIpc) is 2.83. The van der Waals surface area contributed by atoms with E-state index in [-0.39, 0.29) is 16.9 Å². The van der Waals surface area contributed by atoms with E-state index in [1.165, 1.54) is 6.33 Å². The summed E-state index contributed by atoms with van der Waals surface area (Å²) < 4.78 is 11.5. The van der Waals surface area contributed by atoms with Crippen molar-refractivity contribution in [2.45, 2.75) is 84.5 Å². The number of hydrogen-bond acceptors (Lipinski definition) is 10. The monoisotopic (exact) mass is 555 g/mol. The Hall–Kier alpha value is -3.07. The normalized spacial score (nSPS) is 12.7. The Kier molecular flexibility index (Phi) is 11.8. The Balaban J connectivity index is 1.89. The molecule has 0 aliphatic rings. The molecule has 0 bridgehead atoms. The van der Waals surface area contributed by atoms with Gasteiger partial charge in [0.2, 0.25) is 0 Å². The number of esters is 1. The zero-order valence-electron chi connectivity index (χ0n) is 24.7. The van der Waals surface area contributed by atoms with Crippen LogP contribution in [0.2, 0.25) is 18.1 Å². The van der Waals surface area contributed by atoms with Crippen LogP contribution in [0.3, 0.4) is 0 Å². The Bertz CT molecular complexity index is 1120. The van der Waals surface area contributed by atoms with Gasteiger partial charge in [-0.2, -0.15) is 0 Å². The Morgan fingerprint density at radius 1 is 1.03 bits per heavy atom. The third-order valence-electron chi connectivity index (χ3n) is 6.43. The van der Waals surface area contributed by atoms with E-state index in [2.05, 4.69) is 76.3 Å². The number of aromatic nitrogens is 4. The number of anilines is 3. The van der Waals surface area contributed by atoms with E-state index in [9.17, 15) is 4.79 Å². The second-order valence-corrected chi connectivity index (χ2v) is 16.8. The number of rotatable bonds is 12. The van der Waals surface area contributed by atoms with Crippen molar-refractivity contribution in [1.82, 2.24) is 19.9 Å². The molecule has 2 rings (SSSR count). The summed E-state index contributed by atoms with van der Waals surface area (Å²) in [5.74, 6) is 7.83. The molecule has 214 valence electrons. The van der Waals surface area contributed by atoms with Crippen molar-refractivity contribution >= 4 is 31.7 Å². The summed E-state index contributed by atoms with van der Waals surface area (Å²) >= 11 is 0. The Morgan fingerprint density at radius 2 is 1.74 bits per heavy atom. The maximum atomic E-state index is 12.1. The first-order chi connectivity index (χ1) is 18.2. The van der Waals surface area contributed by atoms with E-state index in [4.69, 9.17) is 14.9 Å². The van der Waals surface area contributed by atoms with Gasteiger partial charge in [-0.25, -0.2) is 19.9 Å². The van der Waals surface area contributed by atoms with Crippen LogP contribution >= 0.6 is 0 Å². The first kappa shape index (κ1) is 32.1. The summed E-state index contributed by atoms with van der Waals surface area (Å²) in [6.45, 7) is 18.2. The molecule has 4 N–H and O–H groups in total. The zero-order chi connectivity index (χ0) is 29.1. The van der Waals surface area contributed by atoms with Crippen LogP contribution in [0.25, 0.3) is 0 Å². The molecule has 1 atom stereocenters. The predicted octanol–water partition coefficient (Wildman–Crippen LogP) is 4.88. The maximum absolute atomic E-state index is 12.1. The quantitative estimate of drug-likeness (QED) is 0.189. The lowest BCUT2D eigenvalue weighted by atomic mass is 9.99. The lowest BCUT2D eigenvalue weighted by Gasteiger charge is -2.35. The fraction of sp³-hybridized carbons (Fsp3) is 0.607. The van der Waals surface area contributed by atoms with Crippen LogP contribution in [-0.2, 0) is 14.0 Å². The molecule has 0 spiro atoms. The van der Waals surface area contributed by atoms with E-state index < -0.39 is 13.9 Å². The molecule has 0 aliphatic carbocycles. The van der Waals surface area contributed by atoms with Gasteiger partial charge in [-0.15, -0.1) is 0 Å². The lowest BCUT2D eigenvalue weighted by molar-refractivity contribution is -0.155. The van der Waals surface area contributed by atoms with Gasteiger partial charge < -0.3 is 25.5 Å². The number of ether oxygens (including phenoxy) is 1. The topological polar surface area (TPSA) is 137 Å². The molecule has 2 aromatic heterocycles. The van der Waals surface area contributed by atoms with E-state index >= 15 is 0 Å². The Labute approximate surface area is 234 Å². The fourth-order valence-electron chi connectivity index (χ4n) is 3.22. The van der Waals surface area contributed by atoms with Gasteiger partial charge in [-0.1, -0.05) is 26.7 Å². The van der Waals surface area contributed by atoms with Crippen molar-refractivity contribution in [1.29, 1.82) is 0 Å². The predicted molar refractivity (Wildman–Crippen MR) is 158 cm³/mol. The minimum absolute atomic E-state index is 0.145. The standard InChI is InChI=1S/C28H45N7O3Si/c1-27(2,3)38-26(36)12-11-21(13-14-29)17-31-23-16-24(34-20-33-23)35-25-19-30-22(18-32-25)10-9-15-37-39(7,8)28(4,5)6/h16,18-21H,11-15,17,29H2,1-8H3,(H2,31,32,33,34,35). The van der Waals surface area contributed by atoms with Crippen LogP contribution in [0.1, 0.15) is 66.5 Å². The van der Waals surface area contributed by atoms with Gasteiger partial charge in [0.15, 0.2) is 8.32 Å². The van der Waals surface area contributed by atoms with Gasteiger partial charge >= 0.3 is 5.97 Å². The van der Waals surface area contributed by atoms with E-state index in [0.717, 1.165) is 6.42 Å². The molecule has 0 amide bonds. The molecule has 2 heterocycles. The van der Waals surface area contributed by atoms with Crippen LogP contribution in [0, 0.1) is 17.8 Å². The highest BCUT2D eigenvalue weighted by Crippen LogP contribution is 2.36. The molecule has 0 saturated carbocycles. The number of nitrogens with zero attached hydrogens (tertiary/aromatic N) is 4. The Morgan fingerprint density at radius 3 is 2.36 bits per heavy atom. The molecule has 10 nitrogen and oxygen atoms in total. The molecule has 0 aliphatic heterocycles. The third kappa shape index (κ3) is 12.1. The third-order valence-corrected chi connectivity index (χ3v) is 10.9. The smallest absolute Gasteiger partial charge is 0.306 e. The van der Waals surface area contributed by atoms with Crippen molar-refractivity contribution in [2.75, 3.05) is 30.3 Å². The van der Waals surface area contributed by atoms with Crippen molar-refractivity contribution in [3.63, 3.8) is 0 Å². The molecule has 2 aromatic rings. The molecule has 11 heteroatoms. The van der Waals surface area contributed by atoms with Crippen molar-refractivity contribution < 1.29 is 14.0 Å². The van der Waals surface area contributed by atoms with Crippen molar-refractivity contribution in [3.05, 3.63) is 30.5 Å². The summed E-state index contributed by atoms with van der Waals surface area (Å²) in [5, 5.41) is 6.60. The molecule has 0 radical (unpaired) electrons. The molecule has 1 unspecified atom stereocenters. The number of nitrogens with one attached hydrogen (secondary N) is 2. The van der Waals surface area contributed by atoms with Crippen LogP contribution in [0.15, 0.2) is 24.8 Å². The number of hydrogen-bond donors (Lipinski definition) is 3. The van der Waals surface area contributed by atoms with Crippen molar-refractivity contribution in [3.8, 4) is 11.8 Å². The van der Waals surface area contributed by atoms with E-state index in [1.807, 2.05) is 20.8 Å². The minimum Gasteiger partial charge on any atom is -0.460 e. The second-order valence-electron chi connectivity index (χ2n) is 12.0. The van der Waals surface area contributed by atoms with Gasteiger partial charge in [-0.05, 0) is 70.1 Å². The van der Waals surface area contributed by atoms with Gasteiger partial charge in [0.1, 0.15) is 35.1 Å². The summed E-state index contributed by atoms with van der Waals surface area (Å²) in [7, 11) is -1.82. The number of carbonyl (C=O) groups excluding carboxylic acids is 1. The summed E-state index contributed by atoms with van der Waals surface area (Å²) in [4.78, 5) is 29.4. The fourth-order valence-corrected chi connectivity index (χ4v) is 4.08. The van der Waals surface area contributed by atoms with Gasteiger partial charge in [0.25, 0.3) is 0 Å². The summed E-state index contributed by atoms with van der Waals surface area (Å²) in [5.41, 5.74) is 5.87. The number of carbonyl (C=O) groups is 1. The maximum Gasteiger partial charge on any atom is 0.306 e. The average molecular weight is 556 g/mol. The van der Waals surface area contributed by atoms with Crippen LogP contribution in [0.4, 0.5) is 17.5 Å².